The van der Waals surface area contributed by atoms with Crippen LogP contribution in [0.5, 0.6) is 5.75 Å². The average Bonchev–Trinajstić information content (AvgIpc) is 3.33. The molecule has 0 unspecified atom stereocenters. The summed E-state index contributed by atoms with van der Waals surface area (Å²) in [6.07, 6.45) is -9.48. The third kappa shape index (κ3) is 7.14. The van der Waals surface area contributed by atoms with Crippen LogP contribution >= 0.6 is 0 Å². The molecular weight excluding hydrogens is 612 g/mol. The molecule has 5 rings (SSSR count). The quantitative estimate of drug-likeness (QED) is 0.191. The maximum Gasteiger partial charge on any atom is 0.416 e. The minimum absolute atomic E-state index is 0.173. The number of nitrogens with one attached hydrogen (secondary N) is 1. The van der Waals surface area contributed by atoms with Crippen molar-refractivity contribution in [2.75, 3.05) is 18.5 Å². The zero-order valence-electron chi connectivity index (χ0n) is 25.4. The Bertz CT molecular complexity index is 1730. The van der Waals surface area contributed by atoms with Crippen LogP contribution in [0.15, 0.2) is 60.7 Å². The van der Waals surface area contributed by atoms with Crippen LogP contribution in [-0.2, 0) is 31.9 Å². The highest BCUT2D eigenvalue weighted by Crippen LogP contribution is 2.40. The number of para-hydroxylation sites is 1. The molecule has 244 valence electrons. The lowest BCUT2D eigenvalue weighted by molar-refractivity contribution is -0.143. The van der Waals surface area contributed by atoms with Gasteiger partial charge in [0.25, 0.3) is 0 Å². The number of rotatable bonds is 8. The molecule has 1 aromatic heterocycles. The van der Waals surface area contributed by atoms with E-state index in [4.69, 9.17) is 15.6 Å². The van der Waals surface area contributed by atoms with Crippen LogP contribution < -0.4 is 15.8 Å². The number of aryl methyl sites for hydroxylation is 1. The number of nitrogens with two attached hydrogens (primary N) is 1. The summed E-state index contributed by atoms with van der Waals surface area (Å²) in [4.78, 5) is 13.2. The summed E-state index contributed by atoms with van der Waals surface area (Å²) in [5.74, 6) is 0.863. The molecule has 2 heterocycles. The highest BCUT2D eigenvalue weighted by atomic mass is 19.4. The standard InChI is InChI=1S/C33H33F6N5O2/c1-19(2)18-46-28-6-4-5-20(3)29(28)44-30(21-8-11-24(12-9-21)41-31(40)45)25-17-43(14-13-27(25)42-44)16-22-7-10-23(32(34,35)36)15-26(22)33(37,38)39/h4-12,15,19H,13-14,16-18H2,1-3H3,(H3,40,41,45). The van der Waals surface area contributed by atoms with Crippen molar-refractivity contribution in [3.8, 4) is 22.7 Å². The minimum Gasteiger partial charge on any atom is -0.491 e. The van der Waals surface area contributed by atoms with Crippen molar-refractivity contribution in [3.63, 3.8) is 0 Å². The fourth-order valence-corrected chi connectivity index (χ4v) is 5.55. The highest BCUT2D eigenvalue weighted by molar-refractivity contribution is 5.88. The van der Waals surface area contributed by atoms with Crippen LogP contribution in [0.25, 0.3) is 16.9 Å². The van der Waals surface area contributed by atoms with Crippen molar-refractivity contribution in [2.24, 2.45) is 11.7 Å². The van der Waals surface area contributed by atoms with E-state index in [0.29, 0.717) is 54.0 Å². The molecule has 7 nitrogen and oxygen atoms in total. The molecule has 0 aliphatic carbocycles. The Hall–Kier alpha value is -4.52. The van der Waals surface area contributed by atoms with Gasteiger partial charge in [0.1, 0.15) is 11.4 Å². The number of carbonyl (C=O) groups excluding carboxylic acids is 1. The fourth-order valence-electron chi connectivity index (χ4n) is 5.55. The first-order chi connectivity index (χ1) is 21.6. The molecule has 2 amide bonds. The lowest BCUT2D eigenvalue weighted by Gasteiger charge is -2.28. The molecule has 0 bridgehead atoms. The number of alkyl halides is 6. The van der Waals surface area contributed by atoms with Crippen molar-refractivity contribution in [2.45, 2.75) is 52.6 Å². The molecule has 0 spiro atoms. The van der Waals surface area contributed by atoms with E-state index in [0.717, 1.165) is 22.9 Å². The number of amides is 2. The van der Waals surface area contributed by atoms with E-state index in [1.807, 2.05) is 39.0 Å². The topological polar surface area (TPSA) is 85.4 Å². The van der Waals surface area contributed by atoms with Gasteiger partial charge in [0, 0.05) is 42.9 Å². The Kier molecular flexibility index (Phi) is 9.07. The van der Waals surface area contributed by atoms with Gasteiger partial charge >= 0.3 is 18.4 Å². The molecule has 4 aromatic rings. The van der Waals surface area contributed by atoms with Gasteiger partial charge in [0.2, 0.25) is 0 Å². The van der Waals surface area contributed by atoms with Crippen LogP contribution in [0.1, 0.15) is 47.4 Å². The molecule has 46 heavy (non-hydrogen) atoms. The van der Waals surface area contributed by atoms with Gasteiger partial charge in [-0.1, -0.05) is 44.2 Å². The molecule has 0 atom stereocenters. The highest BCUT2D eigenvalue weighted by Gasteiger charge is 2.39. The summed E-state index contributed by atoms with van der Waals surface area (Å²) in [7, 11) is 0. The summed E-state index contributed by atoms with van der Waals surface area (Å²) in [6.45, 7) is 6.77. The Morgan fingerprint density at radius 1 is 1.02 bits per heavy atom. The molecule has 3 N–H and O–H groups in total. The van der Waals surface area contributed by atoms with E-state index in [-0.39, 0.29) is 30.6 Å². The van der Waals surface area contributed by atoms with Crippen molar-refractivity contribution < 1.29 is 35.9 Å². The molecular formula is C33H33F6N5O2. The number of aromatic nitrogens is 2. The van der Waals surface area contributed by atoms with E-state index >= 15 is 0 Å². The van der Waals surface area contributed by atoms with Crippen molar-refractivity contribution in [1.82, 2.24) is 14.7 Å². The predicted octanol–water partition coefficient (Wildman–Crippen LogP) is 7.97. The molecule has 0 fully saturated rings. The Morgan fingerprint density at radius 2 is 1.74 bits per heavy atom. The SMILES string of the molecule is Cc1cccc(OCC(C)C)c1-n1nc2c(c1-c1ccc(NC(N)=O)cc1)CN(Cc1ccc(C(F)(F)F)cc1C(F)(F)F)CC2. The van der Waals surface area contributed by atoms with E-state index in [9.17, 15) is 31.1 Å². The Labute approximate surface area is 262 Å². The van der Waals surface area contributed by atoms with E-state index < -0.39 is 29.5 Å². The Balaban J connectivity index is 1.59. The first kappa shape index (κ1) is 32.9. The number of ether oxygens (including phenoxy) is 1. The lowest BCUT2D eigenvalue weighted by Crippen LogP contribution is -2.31. The number of benzene rings is 3. The number of fused-ring (bicyclic) bond motifs is 1. The number of nitrogens with zero attached hydrogens (tertiary/aromatic N) is 3. The van der Waals surface area contributed by atoms with E-state index in [1.165, 1.54) is 0 Å². The molecule has 0 saturated heterocycles. The van der Waals surface area contributed by atoms with Crippen molar-refractivity contribution in [3.05, 3.63) is 94.2 Å². The first-order valence-corrected chi connectivity index (χ1v) is 14.6. The molecule has 1 aliphatic rings. The van der Waals surface area contributed by atoms with Crippen LogP contribution in [0.4, 0.5) is 36.8 Å². The molecule has 1 aliphatic heterocycles. The normalized spacial score (nSPS) is 14.0. The van der Waals surface area contributed by atoms with Gasteiger partial charge in [0.05, 0.1) is 29.1 Å². The van der Waals surface area contributed by atoms with Crippen molar-refractivity contribution >= 4 is 11.7 Å². The van der Waals surface area contributed by atoms with E-state index in [1.54, 1.807) is 33.8 Å². The smallest absolute Gasteiger partial charge is 0.416 e. The van der Waals surface area contributed by atoms with Crippen molar-refractivity contribution in [1.29, 1.82) is 0 Å². The van der Waals surface area contributed by atoms with Crippen LogP contribution in [0.2, 0.25) is 0 Å². The van der Waals surface area contributed by atoms with Gasteiger partial charge in [0.15, 0.2) is 0 Å². The van der Waals surface area contributed by atoms with Gasteiger partial charge < -0.3 is 15.8 Å². The number of halogens is 6. The minimum atomic E-state index is -4.97. The zero-order valence-corrected chi connectivity index (χ0v) is 25.4. The summed E-state index contributed by atoms with van der Waals surface area (Å²) in [6, 6.07) is 13.6. The molecule has 0 saturated carbocycles. The molecule has 13 heteroatoms. The van der Waals surface area contributed by atoms with Gasteiger partial charge in [-0.3, -0.25) is 4.90 Å². The molecule has 3 aromatic carbocycles. The summed E-state index contributed by atoms with van der Waals surface area (Å²) in [5, 5.41) is 7.49. The monoisotopic (exact) mass is 645 g/mol. The van der Waals surface area contributed by atoms with Crippen LogP contribution in [-0.4, -0.2) is 33.9 Å². The van der Waals surface area contributed by atoms with Gasteiger partial charge in [-0.05, 0) is 54.3 Å². The number of hydrogen-bond acceptors (Lipinski definition) is 4. The summed E-state index contributed by atoms with van der Waals surface area (Å²) in [5.41, 5.74) is 7.32. The van der Waals surface area contributed by atoms with Gasteiger partial charge in [-0.25, -0.2) is 9.48 Å². The fraction of sp³-hybridized carbons (Fsp3) is 0.333. The van der Waals surface area contributed by atoms with Crippen LogP contribution in [0, 0.1) is 12.8 Å². The second-order valence-corrected chi connectivity index (χ2v) is 11.7. The maximum absolute atomic E-state index is 13.9. The largest absolute Gasteiger partial charge is 0.491 e. The van der Waals surface area contributed by atoms with Gasteiger partial charge in [-0.2, -0.15) is 31.4 Å². The third-order valence-corrected chi connectivity index (χ3v) is 7.66. The second-order valence-electron chi connectivity index (χ2n) is 11.7. The number of primary amides is 1. The lowest BCUT2D eigenvalue weighted by atomic mass is 9.98. The average molecular weight is 646 g/mol. The van der Waals surface area contributed by atoms with E-state index in [2.05, 4.69) is 5.32 Å². The zero-order chi connectivity index (χ0) is 33.4. The predicted molar refractivity (Wildman–Crippen MR) is 162 cm³/mol. The number of hydrogen-bond donors (Lipinski definition) is 2. The van der Waals surface area contributed by atoms with Gasteiger partial charge in [-0.15, -0.1) is 0 Å². The Morgan fingerprint density at radius 3 is 2.37 bits per heavy atom. The third-order valence-electron chi connectivity index (χ3n) is 7.66. The number of anilines is 1. The first-order valence-electron chi connectivity index (χ1n) is 14.6. The van der Waals surface area contributed by atoms with Crippen LogP contribution in [0.3, 0.4) is 0 Å². The number of carbonyl (C=O) groups is 1. The summed E-state index contributed by atoms with van der Waals surface area (Å²) < 4.78 is 89.6. The molecule has 0 radical (unpaired) electrons. The summed E-state index contributed by atoms with van der Waals surface area (Å²) >= 11 is 0. The maximum atomic E-state index is 13.9. The number of urea groups is 1. The second kappa shape index (κ2) is 12.7.